The molecule has 1 atom stereocenters. The van der Waals surface area contributed by atoms with Gasteiger partial charge in [0.15, 0.2) is 0 Å². The third-order valence-electron chi connectivity index (χ3n) is 4.57. The molecule has 1 N–H and O–H groups in total. The van der Waals surface area contributed by atoms with Crippen LogP contribution in [0.25, 0.3) is 0 Å². The first kappa shape index (κ1) is 19.9. The van der Waals surface area contributed by atoms with Gasteiger partial charge in [-0.1, -0.05) is 30.3 Å². The van der Waals surface area contributed by atoms with E-state index in [-0.39, 0.29) is 36.2 Å². The summed E-state index contributed by atoms with van der Waals surface area (Å²) in [4.78, 5) is 38.0. The topological polar surface area (TPSA) is 75.7 Å². The Bertz CT molecular complexity index is 622. The largest absolute Gasteiger partial charge is 0.463 e. The van der Waals surface area contributed by atoms with Gasteiger partial charge in [0.05, 0.1) is 18.6 Å². The van der Waals surface area contributed by atoms with E-state index in [1.54, 1.807) is 25.7 Å². The molecule has 26 heavy (non-hydrogen) atoms. The lowest BCUT2D eigenvalue weighted by Crippen LogP contribution is -2.43. The average molecular weight is 360 g/mol. The summed E-state index contributed by atoms with van der Waals surface area (Å²) in [6, 6.07) is 9.03. The molecule has 1 saturated heterocycles. The van der Waals surface area contributed by atoms with Gasteiger partial charge in [0, 0.05) is 25.9 Å². The Hall–Kier alpha value is -2.37. The molecule has 1 aliphatic heterocycles. The maximum absolute atomic E-state index is 12.7. The second-order valence-corrected chi connectivity index (χ2v) is 6.99. The van der Waals surface area contributed by atoms with Gasteiger partial charge in [-0.3, -0.25) is 14.4 Å². The molecule has 142 valence electrons. The number of likely N-dealkylation sites (tertiary alicyclic amines) is 1. The van der Waals surface area contributed by atoms with Gasteiger partial charge in [-0.2, -0.15) is 0 Å². The van der Waals surface area contributed by atoms with Crippen molar-refractivity contribution in [2.75, 3.05) is 13.1 Å². The molecule has 0 bridgehead atoms. The Morgan fingerprint density at radius 3 is 2.31 bits per heavy atom. The normalized spacial score (nSPS) is 16.2. The number of rotatable bonds is 6. The fourth-order valence-corrected chi connectivity index (χ4v) is 3.16. The number of carbonyl (C=O) groups excluding carboxylic acids is 3. The molecule has 2 rings (SSSR count). The van der Waals surface area contributed by atoms with E-state index in [2.05, 4.69) is 5.32 Å². The van der Waals surface area contributed by atoms with Crippen LogP contribution in [0.1, 0.15) is 51.6 Å². The van der Waals surface area contributed by atoms with E-state index in [0.29, 0.717) is 25.9 Å². The van der Waals surface area contributed by atoms with Crippen LogP contribution in [0.5, 0.6) is 0 Å². The molecule has 0 saturated carbocycles. The Morgan fingerprint density at radius 2 is 1.77 bits per heavy atom. The molecule has 1 unspecified atom stereocenters. The third-order valence-corrected chi connectivity index (χ3v) is 4.57. The molecule has 1 aliphatic rings. The number of ether oxygens (including phenoxy) is 1. The summed E-state index contributed by atoms with van der Waals surface area (Å²) >= 11 is 0. The van der Waals surface area contributed by atoms with Gasteiger partial charge < -0.3 is 15.0 Å². The molecule has 0 radical (unpaired) electrons. The number of esters is 1. The van der Waals surface area contributed by atoms with Crippen LogP contribution in [-0.4, -0.2) is 41.9 Å². The van der Waals surface area contributed by atoms with E-state index in [4.69, 9.17) is 4.74 Å². The van der Waals surface area contributed by atoms with E-state index < -0.39 is 6.04 Å². The number of benzene rings is 1. The van der Waals surface area contributed by atoms with Crippen LogP contribution in [0.2, 0.25) is 0 Å². The van der Waals surface area contributed by atoms with Crippen LogP contribution < -0.4 is 5.32 Å². The number of nitrogens with zero attached hydrogens (tertiary/aromatic N) is 1. The number of hydrogen-bond acceptors (Lipinski definition) is 4. The van der Waals surface area contributed by atoms with E-state index in [1.807, 2.05) is 30.3 Å². The summed E-state index contributed by atoms with van der Waals surface area (Å²) < 4.78 is 5.24. The van der Waals surface area contributed by atoms with Gasteiger partial charge in [0.25, 0.3) is 0 Å². The molecular weight excluding hydrogens is 332 g/mol. The lowest BCUT2D eigenvalue weighted by Gasteiger charge is -2.31. The maximum atomic E-state index is 12.7. The fourth-order valence-electron chi connectivity index (χ4n) is 3.16. The summed E-state index contributed by atoms with van der Waals surface area (Å²) in [6.45, 7) is 6.34. The maximum Gasteiger partial charge on any atom is 0.308 e. The highest BCUT2D eigenvalue weighted by molar-refractivity contribution is 5.81. The highest BCUT2D eigenvalue weighted by Crippen LogP contribution is 2.22. The van der Waals surface area contributed by atoms with Crippen molar-refractivity contribution in [3.05, 3.63) is 35.9 Å². The molecule has 6 heteroatoms. The van der Waals surface area contributed by atoms with Gasteiger partial charge in [-0.25, -0.2) is 0 Å². The average Bonchev–Trinajstić information content (AvgIpc) is 2.61. The van der Waals surface area contributed by atoms with E-state index >= 15 is 0 Å². The molecule has 2 amide bonds. The van der Waals surface area contributed by atoms with Gasteiger partial charge in [0.2, 0.25) is 11.8 Å². The van der Waals surface area contributed by atoms with E-state index in [1.165, 1.54) is 0 Å². The van der Waals surface area contributed by atoms with Crippen LogP contribution in [0.15, 0.2) is 30.3 Å². The predicted octanol–water partition coefficient (Wildman–Crippen LogP) is 2.44. The summed E-state index contributed by atoms with van der Waals surface area (Å²) in [7, 11) is 0. The Labute approximate surface area is 154 Å². The van der Waals surface area contributed by atoms with Crippen molar-refractivity contribution in [1.82, 2.24) is 10.2 Å². The second-order valence-electron chi connectivity index (χ2n) is 6.99. The Kier molecular flexibility index (Phi) is 7.18. The van der Waals surface area contributed by atoms with Gasteiger partial charge in [-0.15, -0.1) is 0 Å². The summed E-state index contributed by atoms with van der Waals surface area (Å²) in [5.74, 6) is -0.500. The van der Waals surface area contributed by atoms with Crippen molar-refractivity contribution in [1.29, 1.82) is 0 Å². The fraction of sp³-hybridized carbons (Fsp3) is 0.550. The van der Waals surface area contributed by atoms with E-state index in [0.717, 1.165) is 5.56 Å². The second kappa shape index (κ2) is 9.36. The molecule has 0 spiro atoms. The third kappa shape index (κ3) is 5.86. The quantitative estimate of drug-likeness (QED) is 0.791. The zero-order chi connectivity index (χ0) is 19.1. The van der Waals surface area contributed by atoms with Gasteiger partial charge >= 0.3 is 5.97 Å². The van der Waals surface area contributed by atoms with Gasteiger partial charge in [0.1, 0.15) is 0 Å². The van der Waals surface area contributed by atoms with Crippen LogP contribution in [0, 0.1) is 5.92 Å². The highest BCUT2D eigenvalue weighted by atomic mass is 16.5. The molecule has 6 nitrogen and oxygen atoms in total. The smallest absolute Gasteiger partial charge is 0.308 e. The SMILES string of the molecule is CC(=O)N1CCC(C(=O)NC(CC(=O)OC(C)C)c2ccccc2)CC1. The minimum Gasteiger partial charge on any atom is -0.463 e. The highest BCUT2D eigenvalue weighted by Gasteiger charge is 2.28. The molecule has 1 aromatic rings. The lowest BCUT2D eigenvalue weighted by molar-refractivity contribution is -0.148. The number of hydrogen-bond donors (Lipinski definition) is 1. The Morgan fingerprint density at radius 1 is 1.15 bits per heavy atom. The first-order chi connectivity index (χ1) is 12.4. The molecular formula is C20H28N2O4. The summed E-state index contributed by atoms with van der Waals surface area (Å²) in [5, 5.41) is 3.01. The van der Waals surface area contributed by atoms with Crippen molar-refractivity contribution in [2.45, 2.75) is 52.2 Å². The lowest BCUT2D eigenvalue weighted by atomic mass is 9.94. The van der Waals surface area contributed by atoms with Crippen molar-refractivity contribution >= 4 is 17.8 Å². The molecule has 0 aromatic heterocycles. The van der Waals surface area contributed by atoms with Crippen LogP contribution in [-0.2, 0) is 19.1 Å². The number of amides is 2. The summed E-state index contributed by atoms with van der Waals surface area (Å²) in [6.07, 6.45) is 1.19. The number of carbonyl (C=O) groups is 3. The minimum absolute atomic E-state index is 0.0439. The van der Waals surface area contributed by atoms with Crippen LogP contribution in [0.4, 0.5) is 0 Å². The van der Waals surface area contributed by atoms with E-state index in [9.17, 15) is 14.4 Å². The zero-order valence-electron chi connectivity index (χ0n) is 15.7. The number of piperidine rings is 1. The van der Waals surface area contributed by atoms with Crippen molar-refractivity contribution < 1.29 is 19.1 Å². The standard InChI is InChI=1S/C20H28N2O4/c1-14(2)26-19(24)13-18(16-7-5-4-6-8-16)21-20(25)17-9-11-22(12-10-17)15(3)23/h4-8,14,17-18H,9-13H2,1-3H3,(H,21,25). The predicted molar refractivity (Wildman–Crippen MR) is 98.1 cm³/mol. The molecule has 1 aromatic carbocycles. The zero-order valence-corrected chi connectivity index (χ0v) is 15.7. The van der Waals surface area contributed by atoms with Crippen molar-refractivity contribution in [2.24, 2.45) is 5.92 Å². The summed E-state index contributed by atoms with van der Waals surface area (Å²) in [5.41, 5.74) is 0.878. The first-order valence-corrected chi connectivity index (χ1v) is 9.17. The molecule has 1 heterocycles. The van der Waals surface area contributed by atoms with Crippen LogP contribution >= 0.6 is 0 Å². The van der Waals surface area contributed by atoms with Crippen molar-refractivity contribution in [3.63, 3.8) is 0 Å². The minimum atomic E-state index is -0.416. The first-order valence-electron chi connectivity index (χ1n) is 9.17. The van der Waals surface area contributed by atoms with Crippen LogP contribution in [0.3, 0.4) is 0 Å². The Balaban J connectivity index is 2.01. The molecule has 0 aliphatic carbocycles. The van der Waals surface area contributed by atoms with Gasteiger partial charge in [-0.05, 0) is 32.3 Å². The number of nitrogens with one attached hydrogen (secondary N) is 1. The monoisotopic (exact) mass is 360 g/mol. The van der Waals surface area contributed by atoms with Crippen molar-refractivity contribution in [3.8, 4) is 0 Å². The molecule has 1 fully saturated rings.